The zero-order chi connectivity index (χ0) is 18.6. The topological polar surface area (TPSA) is 84.5 Å². The molecule has 2 aromatic rings. The van der Waals surface area contributed by atoms with Crippen LogP contribution in [0.2, 0.25) is 5.02 Å². The molecule has 0 aliphatic carbocycles. The Hall–Kier alpha value is -2.16. The molecule has 134 valence electrons. The minimum Gasteiger partial charge on any atom is -0.495 e. The molecular weight excluding hydrogens is 371 g/mol. The van der Waals surface area contributed by atoms with Gasteiger partial charge in [0.2, 0.25) is 15.9 Å². The van der Waals surface area contributed by atoms with E-state index in [1.807, 2.05) is 0 Å². The summed E-state index contributed by atoms with van der Waals surface area (Å²) in [5.74, 6) is -0.734. The van der Waals surface area contributed by atoms with Crippen molar-refractivity contribution in [3.05, 3.63) is 52.8 Å². The minimum atomic E-state index is -3.95. The molecule has 0 aliphatic rings. The highest BCUT2D eigenvalue weighted by Crippen LogP contribution is 2.27. The van der Waals surface area contributed by atoms with Gasteiger partial charge in [0.05, 0.1) is 24.2 Å². The van der Waals surface area contributed by atoms with Gasteiger partial charge >= 0.3 is 0 Å². The van der Waals surface area contributed by atoms with E-state index in [1.54, 1.807) is 12.1 Å². The summed E-state index contributed by atoms with van der Waals surface area (Å²) >= 11 is 5.87. The molecule has 0 unspecified atom stereocenters. The Morgan fingerprint density at radius 2 is 1.96 bits per heavy atom. The first-order chi connectivity index (χ1) is 11.7. The molecule has 0 saturated carbocycles. The van der Waals surface area contributed by atoms with Crippen LogP contribution in [0.3, 0.4) is 0 Å². The zero-order valence-corrected chi connectivity index (χ0v) is 15.0. The molecule has 9 heteroatoms. The van der Waals surface area contributed by atoms with Crippen LogP contribution < -0.4 is 14.8 Å². The highest BCUT2D eigenvalue weighted by atomic mass is 35.5. The molecule has 6 nitrogen and oxygen atoms in total. The number of hydrogen-bond donors (Lipinski definition) is 2. The number of nitrogens with one attached hydrogen (secondary N) is 2. The van der Waals surface area contributed by atoms with Gasteiger partial charge in [0.15, 0.2) is 0 Å². The van der Waals surface area contributed by atoms with Gasteiger partial charge in [0, 0.05) is 5.02 Å². The van der Waals surface area contributed by atoms with Crippen LogP contribution in [0.25, 0.3) is 0 Å². The lowest BCUT2D eigenvalue weighted by Crippen LogP contribution is -2.33. The highest BCUT2D eigenvalue weighted by molar-refractivity contribution is 7.89. The molecule has 25 heavy (non-hydrogen) atoms. The predicted octanol–water partition coefficient (Wildman–Crippen LogP) is 2.71. The Labute approximate surface area is 150 Å². The van der Waals surface area contributed by atoms with Crippen LogP contribution >= 0.6 is 11.6 Å². The predicted molar refractivity (Wildman–Crippen MR) is 93.0 cm³/mol. The van der Waals surface area contributed by atoms with Crippen LogP contribution in [0, 0.1) is 12.7 Å². The number of rotatable bonds is 6. The van der Waals surface area contributed by atoms with Crippen molar-refractivity contribution in [2.75, 3.05) is 19.0 Å². The number of ether oxygens (including phenoxy) is 1. The van der Waals surface area contributed by atoms with Gasteiger partial charge in [-0.05, 0) is 48.9 Å². The number of anilines is 1. The van der Waals surface area contributed by atoms with Gasteiger partial charge in [-0.1, -0.05) is 11.6 Å². The highest BCUT2D eigenvalue weighted by Gasteiger charge is 2.17. The molecule has 0 radical (unpaired) electrons. The molecule has 0 heterocycles. The molecule has 0 fully saturated rings. The van der Waals surface area contributed by atoms with Crippen molar-refractivity contribution in [1.29, 1.82) is 0 Å². The lowest BCUT2D eigenvalue weighted by molar-refractivity contribution is -0.115. The van der Waals surface area contributed by atoms with Gasteiger partial charge in [-0.3, -0.25) is 4.79 Å². The molecule has 0 saturated heterocycles. The van der Waals surface area contributed by atoms with Crippen LogP contribution in [0.1, 0.15) is 5.56 Å². The van der Waals surface area contributed by atoms with E-state index < -0.39 is 28.3 Å². The molecule has 0 bridgehead atoms. The van der Waals surface area contributed by atoms with E-state index in [0.717, 1.165) is 12.1 Å². The fraction of sp³-hybridized carbons (Fsp3) is 0.188. The maximum absolute atomic E-state index is 13.2. The molecular formula is C16H16ClFN2O4S. The van der Waals surface area contributed by atoms with Crippen molar-refractivity contribution >= 4 is 33.2 Å². The summed E-state index contributed by atoms with van der Waals surface area (Å²) in [6, 6.07) is 8.02. The lowest BCUT2D eigenvalue weighted by Gasteiger charge is -2.11. The Kier molecular flexibility index (Phi) is 5.99. The number of amides is 1. The molecule has 0 aromatic heterocycles. The zero-order valence-electron chi connectivity index (χ0n) is 13.5. The van der Waals surface area contributed by atoms with E-state index in [4.69, 9.17) is 16.3 Å². The van der Waals surface area contributed by atoms with Gasteiger partial charge in [0.1, 0.15) is 11.6 Å². The smallest absolute Gasteiger partial charge is 0.241 e. The first-order valence-corrected chi connectivity index (χ1v) is 8.98. The second-order valence-corrected chi connectivity index (χ2v) is 7.33. The Balaban J connectivity index is 2.06. The van der Waals surface area contributed by atoms with Crippen molar-refractivity contribution < 1.29 is 22.3 Å². The normalized spacial score (nSPS) is 11.2. The fourth-order valence-electron chi connectivity index (χ4n) is 2.00. The largest absolute Gasteiger partial charge is 0.495 e. The SMILES string of the molecule is COc1ccc(Cl)cc1NC(=O)CNS(=O)(=O)c1ccc(F)c(C)c1. The Morgan fingerprint density at radius 1 is 1.24 bits per heavy atom. The van der Waals surface area contributed by atoms with Gasteiger partial charge in [-0.25, -0.2) is 17.5 Å². The molecule has 1 amide bonds. The molecule has 0 atom stereocenters. The second-order valence-electron chi connectivity index (χ2n) is 5.13. The molecule has 2 N–H and O–H groups in total. The van der Waals surface area contributed by atoms with Crippen molar-refractivity contribution in [3.8, 4) is 5.75 Å². The summed E-state index contributed by atoms with van der Waals surface area (Å²) in [5.41, 5.74) is 0.507. The van der Waals surface area contributed by atoms with Crippen molar-refractivity contribution in [3.63, 3.8) is 0 Å². The number of halogens is 2. The lowest BCUT2D eigenvalue weighted by atomic mass is 10.2. The van der Waals surface area contributed by atoms with Gasteiger partial charge in [-0.2, -0.15) is 0 Å². The van der Waals surface area contributed by atoms with Crippen LogP contribution in [-0.2, 0) is 14.8 Å². The van der Waals surface area contributed by atoms with Crippen LogP contribution in [-0.4, -0.2) is 28.0 Å². The summed E-state index contributed by atoms with van der Waals surface area (Å²) in [6.07, 6.45) is 0. The van der Waals surface area contributed by atoms with Gasteiger partial charge < -0.3 is 10.1 Å². The summed E-state index contributed by atoms with van der Waals surface area (Å²) in [7, 11) is -2.52. The van der Waals surface area contributed by atoms with Gasteiger partial charge in [0.25, 0.3) is 0 Å². The van der Waals surface area contributed by atoms with Crippen molar-refractivity contribution in [2.24, 2.45) is 0 Å². The maximum Gasteiger partial charge on any atom is 0.241 e. The Bertz CT molecular complexity index is 903. The number of hydrogen-bond acceptors (Lipinski definition) is 4. The van der Waals surface area contributed by atoms with Crippen LogP contribution in [0.5, 0.6) is 5.75 Å². The number of carbonyl (C=O) groups excluding carboxylic acids is 1. The second kappa shape index (κ2) is 7.81. The molecule has 2 rings (SSSR count). The summed E-state index contributed by atoms with van der Waals surface area (Å²) in [4.78, 5) is 11.9. The summed E-state index contributed by atoms with van der Waals surface area (Å²) in [6.45, 7) is 0.945. The first-order valence-electron chi connectivity index (χ1n) is 7.12. The van der Waals surface area contributed by atoms with E-state index in [-0.39, 0.29) is 10.5 Å². The number of methoxy groups -OCH3 is 1. The third kappa shape index (κ3) is 4.91. The van der Waals surface area contributed by atoms with E-state index in [1.165, 1.54) is 26.2 Å². The van der Waals surface area contributed by atoms with Gasteiger partial charge in [-0.15, -0.1) is 0 Å². The standard InChI is InChI=1S/C16H16ClFN2O4S/c1-10-7-12(4-5-13(10)18)25(22,23)19-9-16(21)20-14-8-11(17)3-6-15(14)24-2/h3-8,19H,9H2,1-2H3,(H,20,21). The molecule has 0 aliphatic heterocycles. The van der Waals surface area contributed by atoms with Crippen LogP contribution in [0.4, 0.5) is 10.1 Å². The average molecular weight is 387 g/mol. The minimum absolute atomic E-state index is 0.125. The maximum atomic E-state index is 13.2. The number of carbonyl (C=O) groups is 1. The third-order valence-electron chi connectivity index (χ3n) is 3.30. The van der Waals surface area contributed by atoms with E-state index >= 15 is 0 Å². The number of sulfonamides is 1. The van der Waals surface area contributed by atoms with E-state index in [0.29, 0.717) is 16.5 Å². The number of aryl methyl sites for hydroxylation is 1. The van der Waals surface area contributed by atoms with Crippen LogP contribution in [0.15, 0.2) is 41.3 Å². The molecule has 0 spiro atoms. The van der Waals surface area contributed by atoms with E-state index in [2.05, 4.69) is 10.0 Å². The molecule has 2 aromatic carbocycles. The van der Waals surface area contributed by atoms with Crippen molar-refractivity contribution in [2.45, 2.75) is 11.8 Å². The summed E-state index contributed by atoms with van der Waals surface area (Å²) in [5, 5.41) is 2.90. The van der Waals surface area contributed by atoms with Crippen molar-refractivity contribution in [1.82, 2.24) is 4.72 Å². The first kappa shape index (κ1) is 19.2. The fourth-order valence-corrected chi connectivity index (χ4v) is 3.24. The monoisotopic (exact) mass is 386 g/mol. The number of benzene rings is 2. The average Bonchev–Trinajstić information content (AvgIpc) is 2.56. The van der Waals surface area contributed by atoms with E-state index in [9.17, 15) is 17.6 Å². The Morgan fingerprint density at radius 3 is 2.60 bits per heavy atom. The third-order valence-corrected chi connectivity index (χ3v) is 4.93. The quantitative estimate of drug-likeness (QED) is 0.799. The summed E-state index contributed by atoms with van der Waals surface area (Å²) < 4.78 is 44.8.